The van der Waals surface area contributed by atoms with Crippen molar-refractivity contribution < 1.29 is 0 Å². The van der Waals surface area contributed by atoms with Crippen LogP contribution in [0.5, 0.6) is 0 Å². The predicted molar refractivity (Wildman–Crippen MR) is 75.0 cm³/mol. The van der Waals surface area contributed by atoms with E-state index in [-0.39, 0.29) is 0 Å². The Morgan fingerprint density at radius 1 is 1.12 bits per heavy atom. The van der Waals surface area contributed by atoms with E-state index in [0.29, 0.717) is 5.92 Å². The molecule has 0 aliphatic carbocycles. The van der Waals surface area contributed by atoms with Crippen LogP contribution in [0, 0.1) is 5.92 Å². The molecule has 0 aliphatic heterocycles. The van der Waals surface area contributed by atoms with Gasteiger partial charge in [0.1, 0.15) is 0 Å². The summed E-state index contributed by atoms with van der Waals surface area (Å²) in [6.45, 7) is 10.5. The molecule has 0 atom stereocenters. The van der Waals surface area contributed by atoms with Gasteiger partial charge in [-0.25, -0.2) is 0 Å². The first-order valence-electron chi connectivity index (χ1n) is 6.66. The van der Waals surface area contributed by atoms with Gasteiger partial charge in [-0.1, -0.05) is 45.0 Å². The zero-order chi connectivity index (χ0) is 12.7. The zero-order valence-electron chi connectivity index (χ0n) is 11.4. The quantitative estimate of drug-likeness (QED) is 0.786. The summed E-state index contributed by atoms with van der Waals surface area (Å²) in [7, 11) is 0. The molecule has 0 aliphatic rings. The van der Waals surface area contributed by atoms with Crippen LogP contribution in [-0.2, 0) is 13.0 Å². The van der Waals surface area contributed by atoms with Crippen molar-refractivity contribution in [2.24, 2.45) is 11.7 Å². The molecule has 1 rings (SSSR count). The number of hydrogen-bond donors (Lipinski definition) is 1. The van der Waals surface area contributed by atoms with Crippen molar-refractivity contribution in [3.05, 3.63) is 35.4 Å². The SMILES string of the molecule is CCc1ccc(CN(CCN)CC(C)C)cc1. The Morgan fingerprint density at radius 3 is 2.18 bits per heavy atom. The number of nitrogens with two attached hydrogens (primary N) is 1. The molecule has 0 radical (unpaired) electrons. The zero-order valence-corrected chi connectivity index (χ0v) is 11.4. The van der Waals surface area contributed by atoms with Crippen LogP contribution in [-0.4, -0.2) is 24.5 Å². The molecule has 1 aromatic carbocycles. The van der Waals surface area contributed by atoms with Gasteiger partial charge in [0, 0.05) is 26.2 Å². The van der Waals surface area contributed by atoms with E-state index in [0.717, 1.165) is 32.6 Å². The number of rotatable bonds is 7. The minimum atomic E-state index is 0.691. The molecule has 0 saturated carbocycles. The smallest absolute Gasteiger partial charge is 0.0234 e. The Labute approximate surface area is 106 Å². The molecular weight excluding hydrogens is 208 g/mol. The highest BCUT2D eigenvalue weighted by Crippen LogP contribution is 2.09. The van der Waals surface area contributed by atoms with E-state index in [9.17, 15) is 0 Å². The fourth-order valence-corrected chi connectivity index (χ4v) is 2.07. The van der Waals surface area contributed by atoms with Crippen LogP contribution in [0.2, 0.25) is 0 Å². The lowest BCUT2D eigenvalue weighted by atomic mass is 10.1. The lowest BCUT2D eigenvalue weighted by molar-refractivity contribution is 0.242. The summed E-state index contributed by atoms with van der Waals surface area (Å²) in [5.41, 5.74) is 8.45. The van der Waals surface area contributed by atoms with Crippen LogP contribution in [0.25, 0.3) is 0 Å². The summed E-state index contributed by atoms with van der Waals surface area (Å²) in [5.74, 6) is 0.691. The van der Waals surface area contributed by atoms with E-state index in [1.54, 1.807) is 0 Å². The summed E-state index contributed by atoms with van der Waals surface area (Å²) in [6.07, 6.45) is 1.11. The largest absolute Gasteiger partial charge is 0.329 e. The number of benzene rings is 1. The first-order chi connectivity index (χ1) is 8.15. The lowest BCUT2D eigenvalue weighted by Gasteiger charge is -2.23. The first-order valence-corrected chi connectivity index (χ1v) is 6.66. The van der Waals surface area contributed by atoms with Gasteiger partial charge in [0.25, 0.3) is 0 Å². The Morgan fingerprint density at radius 2 is 1.71 bits per heavy atom. The predicted octanol–water partition coefficient (Wildman–Crippen LogP) is 2.67. The molecule has 0 saturated heterocycles. The molecule has 17 heavy (non-hydrogen) atoms. The van der Waals surface area contributed by atoms with Crippen molar-refractivity contribution in [1.82, 2.24) is 4.90 Å². The molecule has 0 fully saturated rings. The van der Waals surface area contributed by atoms with Gasteiger partial charge in [0.2, 0.25) is 0 Å². The maximum atomic E-state index is 5.66. The maximum absolute atomic E-state index is 5.66. The van der Waals surface area contributed by atoms with Gasteiger partial charge in [0.05, 0.1) is 0 Å². The van der Waals surface area contributed by atoms with Crippen LogP contribution in [0.15, 0.2) is 24.3 Å². The van der Waals surface area contributed by atoms with Crippen molar-refractivity contribution in [1.29, 1.82) is 0 Å². The third-order valence-corrected chi connectivity index (χ3v) is 2.91. The van der Waals surface area contributed by atoms with Crippen LogP contribution in [0.4, 0.5) is 0 Å². The molecule has 0 unspecified atom stereocenters. The minimum Gasteiger partial charge on any atom is -0.329 e. The normalized spacial score (nSPS) is 11.4. The van der Waals surface area contributed by atoms with E-state index >= 15 is 0 Å². The molecule has 96 valence electrons. The Hall–Kier alpha value is -0.860. The molecule has 0 heterocycles. The Bertz CT molecular complexity index is 303. The van der Waals surface area contributed by atoms with Crippen LogP contribution < -0.4 is 5.73 Å². The molecule has 0 amide bonds. The van der Waals surface area contributed by atoms with Crippen LogP contribution >= 0.6 is 0 Å². The second-order valence-corrected chi connectivity index (χ2v) is 5.09. The highest BCUT2D eigenvalue weighted by molar-refractivity contribution is 5.22. The minimum absolute atomic E-state index is 0.691. The van der Waals surface area contributed by atoms with Crippen molar-refractivity contribution >= 4 is 0 Å². The van der Waals surface area contributed by atoms with Gasteiger partial charge in [-0.05, 0) is 23.5 Å². The standard InChI is InChI=1S/C15H26N2/c1-4-14-5-7-15(8-6-14)12-17(10-9-16)11-13(2)3/h5-8,13H,4,9-12,16H2,1-3H3. The summed E-state index contributed by atoms with van der Waals surface area (Å²) < 4.78 is 0. The molecule has 2 nitrogen and oxygen atoms in total. The van der Waals surface area contributed by atoms with Gasteiger partial charge in [-0.2, -0.15) is 0 Å². The van der Waals surface area contributed by atoms with E-state index < -0.39 is 0 Å². The second-order valence-electron chi connectivity index (χ2n) is 5.09. The van der Waals surface area contributed by atoms with Gasteiger partial charge < -0.3 is 5.73 Å². The highest BCUT2D eigenvalue weighted by atomic mass is 15.1. The van der Waals surface area contributed by atoms with Crippen molar-refractivity contribution in [2.45, 2.75) is 33.7 Å². The lowest BCUT2D eigenvalue weighted by Crippen LogP contribution is -2.32. The summed E-state index contributed by atoms with van der Waals surface area (Å²) in [5, 5.41) is 0. The van der Waals surface area contributed by atoms with Gasteiger partial charge in [0.15, 0.2) is 0 Å². The third-order valence-electron chi connectivity index (χ3n) is 2.91. The van der Waals surface area contributed by atoms with Crippen molar-refractivity contribution in [3.63, 3.8) is 0 Å². The fourth-order valence-electron chi connectivity index (χ4n) is 2.07. The molecular formula is C15H26N2. The van der Waals surface area contributed by atoms with E-state index in [1.807, 2.05) is 0 Å². The van der Waals surface area contributed by atoms with Gasteiger partial charge in [-0.15, -0.1) is 0 Å². The summed E-state index contributed by atoms with van der Waals surface area (Å²) >= 11 is 0. The monoisotopic (exact) mass is 234 g/mol. The van der Waals surface area contributed by atoms with Crippen LogP contribution in [0.3, 0.4) is 0 Å². The number of aryl methyl sites for hydroxylation is 1. The number of hydrogen-bond acceptors (Lipinski definition) is 2. The van der Waals surface area contributed by atoms with E-state index in [1.165, 1.54) is 11.1 Å². The Kier molecular flexibility index (Phi) is 6.23. The third kappa shape index (κ3) is 5.33. The summed E-state index contributed by atoms with van der Waals surface area (Å²) in [4.78, 5) is 2.44. The average molecular weight is 234 g/mol. The molecule has 2 heteroatoms. The maximum Gasteiger partial charge on any atom is 0.0234 e. The van der Waals surface area contributed by atoms with E-state index in [2.05, 4.69) is 49.9 Å². The summed E-state index contributed by atoms with van der Waals surface area (Å²) in [6, 6.07) is 8.93. The van der Waals surface area contributed by atoms with Crippen LogP contribution in [0.1, 0.15) is 31.9 Å². The molecule has 2 N–H and O–H groups in total. The van der Waals surface area contributed by atoms with Gasteiger partial charge in [-0.3, -0.25) is 4.90 Å². The Balaban J connectivity index is 2.58. The topological polar surface area (TPSA) is 29.3 Å². The molecule has 0 bridgehead atoms. The molecule has 0 aromatic heterocycles. The molecule has 0 spiro atoms. The molecule has 1 aromatic rings. The number of nitrogens with zero attached hydrogens (tertiary/aromatic N) is 1. The van der Waals surface area contributed by atoms with Gasteiger partial charge >= 0.3 is 0 Å². The van der Waals surface area contributed by atoms with Crippen molar-refractivity contribution in [3.8, 4) is 0 Å². The average Bonchev–Trinajstić information content (AvgIpc) is 2.29. The second kappa shape index (κ2) is 7.46. The van der Waals surface area contributed by atoms with E-state index in [4.69, 9.17) is 5.73 Å². The first kappa shape index (κ1) is 14.2. The fraction of sp³-hybridized carbons (Fsp3) is 0.600. The highest BCUT2D eigenvalue weighted by Gasteiger charge is 2.07. The van der Waals surface area contributed by atoms with Crippen molar-refractivity contribution in [2.75, 3.05) is 19.6 Å².